The second-order valence-corrected chi connectivity index (χ2v) is 4.79. The molecule has 2 aromatic rings. The van der Waals surface area contributed by atoms with E-state index in [2.05, 4.69) is 9.83 Å². The van der Waals surface area contributed by atoms with Crippen molar-refractivity contribution in [2.24, 2.45) is 0 Å². The van der Waals surface area contributed by atoms with E-state index in [-0.39, 0.29) is 12.7 Å². The Labute approximate surface area is 133 Å². The van der Waals surface area contributed by atoms with Crippen LogP contribution in [0.5, 0.6) is 17.4 Å². The zero-order chi connectivity index (χ0) is 16.2. The first-order valence-corrected chi connectivity index (χ1v) is 6.81. The van der Waals surface area contributed by atoms with Gasteiger partial charge in [-0.25, -0.2) is 9.83 Å². The maximum absolute atomic E-state index is 9.62. The molecule has 1 aliphatic heterocycles. The molecule has 0 radical (unpaired) electrons. The summed E-state index contributed by atoms with van der Waals surface area (Å²) in [5.41, 5.74) is 1.92. The maximum atomic E-state index is 9.62. The number of rotatable bonds is 5. The van der Waals surface area contributed by atoms with E-state index in [1.807, 2.05) is 0 Å². The van der Waals surface area contributed by atoms with Gasteiger partial charge in [-0.3, -0.25) is 0 Å². The molecule has 3 rings (SSSR count). The molecule has 23 heavy (non-hydrogen) atoms. The third-order valence-corrected chi connectivity index (χ3v) is 3.26. The van der Waals surface area contributed by atoms with E-state index in [1.165, 1.54) is 19.4 Å². The normalized spacial score (nSPS) is 12.7. The predicted molar refractivity (Wildman–Crippen MR) is 81.9 cm³/mol. The molecular weight excluding hydrogens is 299 g/mol. The highest BCUT2D eigenvalue weighted by atomic mass is 16.7. The molecule has 0 aliphatic carbocycles. The molecule has 0 spiro atoms. The minimum atomic E-state index is -0.893. The Bertz CT molecular complexity index is 762. The Hall–Kier alpha value is -2.60. The standard InChI is InChI=1S/C15H13BN2O5/c1-17-11-6-14(21-9-20-2)15(18-7-11)23-12-3-4-13-10(5-12)8-22-16(13)19/h3-7,19H,8-9H2,2H3. The van der Waals surface area contributed by atoms with E-state index >= 15 is 0 Å². The van der Waals surface area contributed by atoms with Crippen molar-refractivity contribution in [2.45, 2.75) is 6.61 Å². The number of ether oxygens (including phenoxy) is 3. The Morgan fingerprint density at radius 2 is 2.30 bits per heavy atom. The van der Waals surface area contributed by atoms with Crippen LogP contribution < -0.4 is 14.9 Å². The van der Waals surface area contributed by atoms with E-state index in [0.29, 0.717) is 23.8 Å². The highest BCUT2D eigenvalue weighted by Crippen LogP contribution is 2.33. The molecule has 0 unspecified atom stereocenters. The molecule has 2 heterocycles. The van der Waals surface area contributed by atoms with Crippen molar-refractivity contribution < 1.29 is 23.9 Å². The average molecular weight is 312 g/mol. The third-order valence-electron chi connectivity index (χ3n) is 3.26. The van der Waals surface area contributed by atoms with Crippen LogP contribution >= 0.6 is 0 Å². The summed E-state index contributed by atoms with van der Waals surface area (Å²) in [5, 5.41) is 9.62. The highest BCUT2D eigenvalue weighted by Gasteiger charge is 2.27. The molecule has 1 aromatic heterocycles. The topological polar surface area (TPSA) is 74.4 Å². The first-order chi connectivity index (χ1) is 11.2. The van der Waals surface area contributed by atoms with Gasteiger partial charge in [0, 0.05) is 13.3 Å². The monoisotopic (exact) mass is 312 g/mol. The number of aromatic nitrogens is 1. The fraction of sp³-hybridized carbons (Fsp3) is 0.200. The summed E-state index contributed by atoms with van der Waals surface area (Å²) in [4.78, 5) is 7.42. The van der Waals surface area contributed by atoms with Crippen LogP contribution in [0.1, 0.15) is 5.56 Å². The van der Waals surface area contributed by atoms with Crippen molar-refractivity contribution in [3.8, 4) is 17.4 Å². The van der Waals surface area contributed by atoms with Crippen molar-refractivity contribution in [3.63, 3.8) is 0 Å². The molecule has 0 fully saturated rings. The minimum absolute atomic E-state index is 0.0176. The van der Waals surface area contributed by atoms with Gasteiger partial charge in [0.25, 0.3) is 5.88 Å². The largest absolute Gasteiger partial charge is 0.491 e. The Balaban J connectivity index is 1.86. The Morgan fingerprint density at radius 1 is 1.43 bits per heavy atom. The van der Waals surface area contributed by atoms with E-state index in [1.54, 1.807) is 18.2 Å². The van der Waals surface area contributed by atoms with Gasteiger partial charge in [-0.2, -0.15) is 0 Å². The van der Waals surface area contributed by atoms with Gasteiger partial charge in [-0.05, 0) is 29.2 Å². The molecule has 7 nitrogen and oxygen atoms in total. The van der Waals surface area contributed by atoms with Crippen LogP contribution in [0.15, 0.2) is 30.5 Å². The lowest BCUT2D eigenvalue weighted by atomic mass is 9.80. The number of benzene rings is 1. The maximum Gasteiger partial charge on any atom is 0.491 e. The van der Waals surface area contributed by atoms with Gasteiger partial charge in [0.05, 0.1) is 13.2 Å². The highest BCUT2D eigenvalue weighted by molar-refractivity contribution is 6.61. The summed E-state index contributed by atoms with van der Waals surface area (Å²) in [6, 6.07) is 6.76. The first kappa shape index (κ1) is 15.3. The zero-order valence-electron chi connectivity index (χ0n) is 12.4. The lowest BCUT2D eigenvalue weighted by molar-refractivity contribution is 0.0491. The number of fused-ring (bicyclic) bond motifs is 1. The summed E-state index contributed by atoms with van der Waals surface area (Å²) >= 11 is 0. The molecule has 0 atom stereocenters. The average Bonchev–Trinajstić information content (AvgIpc) is 2.94. The van der Waals surface area contributed by atoms with Crippen LogP contribution in [-0.4, -0.2) is 31.0 Å². The number of pyridine rings is 1. The number of hydrogen-bond acceptors (Lipinski definition) is 6. The lowest BCUT2D eigenvalue weighted by Crippen LogP contribution is -2.27. The van der Waals surface area contributed by atoms with Gasteiger partial charge in [-0.1, -0.05) is 6.07 Å². The van der Waals surface area contributed by atoms with E-state index in [9.17, 15) is 5.02 Å². The quantitative estimate of drug-likeness (QED) is 0.514. The van der Waals surface area contributed by atoms with E-state index in [4.69, 9.17) is 25.4 Å². The second kappa shape index (κ2) is 6.66. The summed E-state index contributed by atoms with van der Waals surface area (Å²) in [5.74, 6) is 1.08. The van der Waals surface area contributed by atoms with E-state index in [0.717, 1.165) is 11.0 Å². The smallest absolute Gasteiger partial charge is 0.463 e. The number of nitrogens with zero attached hydrogens (tertiary/aromatic N) is 2. The van der Waals surface area contributed by atoms with Crippen LogP contribution in [0, 0.1) is 6.57 Å². The molecule has 0 bridgehead atoms. The van der Waals surface area contributed by atoms with Gasteiger partial charge >= 0.3 is 7.12 Å². The molecule has 0 saturated carbocycles. The van der Waals surface area contributed by atoms with Crippen molar-refractivity contribution in [1.82, 2.24) is 4.98 Å². The fourth-order valence-corrected chi connectivity index (χ4v) is 2.17. The first-order valence-electron chi connectivity index (χ1n) is 6.81. The SMILES string of the molecule is [C-]#[N+]c1cnc(Oc2ccc3c(c2)COB3O)c(OCOC)c1. The summed E-state index contributed by atoms with van der Waals surface area (Å²) < 4.78 is 21.1. The molecule has 1 aromatic carbocycles. The van der Waals surface area contributed by atoms with Gasteiger partial charge in [0.1, 0.15) is 5.75 Å². The van der Waals surface area contributed by atoms with Crippen LogP contribution in [0.3, 0.4) is 0 Å². The minimum Gasteiger partial charge on any atom is -0.463 e. The molecule has 0 saturated heterocycles. The van der Waals surface area contributed by atoms with Crippen LogP contribution in [0.2, 0.25) is 0 Å². The van der Waals surface area contributed by atoms with Crippen LogP contribution in [0.4, 0.5) is 5.69 Å². The Morgan fingerprint density at radius 3 is 3.09 bits per heavy atom. The number of hydrogen-bond donors (Lipinski definition) is 1. The Kier molecular flexibility index (Phi) is 4.44. The zero-order valence-corrected chi connectivity index (χ0v) is 12.4. The molecule has 8 heteroatoms. The van der Waals surface area contributed by atoms with Crippen molar-refractivity contribution in [2.75, 3.05) is 13.9 Å². The van der Waals surface area contributed by atoms with Gasteiger partial charge in [0.15, 0.2) is 12.5 Å². The predicted octanol–water partition coefficient (Wildman–Crippen LogP) is 1.63. The number of methoxy groups -OCH3 is 1. The molecule has 116 valence electrons. The molecule has 1 aliphatic rings. The third kappa shape index (κ3) is 3.27. The van der Waals surface area contributed by atoms with Crippen molar-refractivity contribution in [1.29, 1.82) is 0 Å². The fourth-order valence-electron chi connectivity index (χ4n) is 2.17. The van der Waals surface area contributed by atoms with Crippen LogP contribution in [-0.2, 0) is 16.0 Å². The summed E-state index contributed by atoms with van der Waals surface area (Å²) in [6.07, 6.45) is 1.40. The summed E-state index contributed by atoms with van der Waals surface area (Å²) in [6.45, 7) is 7.37. The second-order valence-electron chi connectivity index (χ2n) is 4.79. The molecule has 1 N–H and O–H groups in total. The van der Waals surface area contributed by atoms with Gasteiger partial charge in [-0.15, -0.1) is 0 Å². The van der Waals surface area contributed by atoms with Crippen LogP contribution in [0.25, 0.3) is 4.85 Å². The lowest BCUT2D eigenvalue weighted by Gasteiger charge is -2.12. The molecule has 0 amide bonds. The van der Waals surface area contributed by atoms with Gasteiger partial charge in [0.2, 0.25) is 5.69 Å². The van der Waals surface area contributed by atoms with Gasteiger partial charge < -0.3 is 23.9 Å². The van der Waals surface area contributed by atoms with Crippen molar-refractivity contribution in [3.05, 3.63) is 47.4 Å². The van der Waals surface area contributed by atoms with Crippen molar-refractivity contribution >= 4 is 18.3 Å². The summed E-state index contributed by atoms with van der Waals surface area (Å²) in [7, 11) is 0.606. The van der Waals surface area contributed by atoms with E-state index < -0.39 is 7.12 Å². The molecular formula is C15H13BN2O5.